The van der Waals surface area contributed by atoms with Crippen molar-refractivity contribution >= 4 is 27.9 Å². The standard InChI is InChI=1S/C17H22N4O5S/c1-10-5-7-17(8-6-10)15(23)21(16(24)19-17)20-14(22)13-9-12(27(18,25)26)4-3-11(13)2/h3-4,9-10H,5-8H2,1-2H3,(H,19,24)(H,20,22)(H2,18,25,26). The fourth-order valence-corrected chi connectivity index (χ4v) is 4.04. The molecule has 0 bridgehead atoms. The second kappa shape index (κ2) is 6.61. The van der Waals surface area contributed by atoms with Crippen LogP contribution >= 0.6 is 0 Å². The Bertz CT molecular complexity index is 919. The molecule has 4 N–H and O–H groups in total. The van der Waals surface area contributed by atoms with Gasteiger partial charge in [-0.05, 0) is 56.2 Å². The van der Waals surface area contributed by atoms with Crippen molar-refractivity contribution in [2.45, 2.75) is 50.0 Å². The zero-order chi connectivity index (χ0) is 20.0. The number of benzene rings is 1. The fraction of sp³-hybridized carbons (Fsp3) is 0.471. The highest BCUT2D eigenvalue weighted by atomic mass is 32.2. The number of rotatable bonds is 3. The average Bonchev–Trinajstić information content (AvgIpc) is 2.81. The van der Waals surface area contributed by atoms with Crippen LogP contribution < -0.4 is 15.9 Å². The third-order valence-electron chi connectivity index (χ3n) is 5.29. The fourth-order valence-electron chi connectivity index (χ4n) is 3.50. The average molecular weight is 394 g/mol. The third kappa shape index (κ3) is 3.54. The van der Waals surface area contributed by atoms with E-state index in [2.05, 4.69) is 17.7 Å². The summed E-state index contributed by atoms with van der Waals surface area (Å²) in [6.07, 6.45) is 2.66. The highest BCUT2D eigenvalue weighted by Crippen LogP contribution is 2.35. The predicted octanol–water partition coefficient (Wildman–Crippen LogP) is 0.788. The quantitative estimate of drug-likeness (QED) is 0.651. The Balaban J connectivity index is 1.82. The molecule has 0 unspecified atom stereocenters. The maximum absolute atomic E-state index is 12.8. The van der Waals surface area contributed by atoms with Gasteiger partial charge < -0.3 is 5.32 Å². The number of hydrogen-bond acceptors (Lipinski definition) is 5. The van der Waals surface area contributed by atoms with Crippen LogP contribution in [0.2, 0.25) is 0 Å². The molecule has 0 radical (unpaired) electrons. The largest absolute Gasteiger partial charge is 0.344 e. The Hall–Kier alpha value is -2.46. The molecular formula is C17H22N4O5S. The Morgan fingerprint density at radius 1 is 1.30 bits per heavy atom. The van der Waals surface area contributed by atoms with E-state index in [-0.39, 0.29) is 10.5 Å². The molecule has 9 nitrogen and oxygen atoms in total. The number of imide groups is 1. The number of carbonyl (C=O) groups is 3. The summed E-state index contributed by atoms with van der Waals surface area (Å²) in [6, 6.07) is 3.15. The van der Waals surface area contributed by atoms with Crippen molar-refractivity contribution in [3.63, 3.8) is 0 Å². The predicted molar refractivity (Wildman–Crippen MR) is 95.8 cm³/mol. The summed E-state index contributed by atoms with van der Waals surface area (Å²) in [5.41, 5.74) is 1.81. The summed E-state index contributed by atoms with van der Waals surface area (Å²) < 4.78 is 23.0. The van der Waals surface area contributed by atoms with Gasteiger partial charge in [0.15, 0.2) is 0 Å². The number of nitrogens with one attached hydrogen (secondary N) is 2. The first-order valence-corrected chi connectivity index (χ1v) is 10.2. The van der Waals surface area contributed by atoms with E-state index in [0.29, 0.717) is 29.3 Å². The molecule has 146 valence electrons. The number of aryl methyl sites for hydroxylation is 1. The minimum atomic E-state index is -3.99. The molecular weight excluding hydrogens is 372 g/mol. The maximum atomic E-state index is 12.8. The molecule has 3 rings (SSSR count). The zero-order valence-electron chi connectivity index (χ0n) is 15.1. The van der Waals surface area contributed by atoms with Crippen LogP contribution in [0.15, 0.2) is 23.1 Å². The van der Waals surface area contributed by atoms with Gasteiger partial charge in [-0.15, -0.1) is 0 Å². The lowest BCUT2D eigenvalue weighted by Crippen LogP contribution is -2.51. The highest BCUT2D eigenvalue weighted by molar-refractivity contribution is 7.89. The number of primary sulfonamides is 1. The van der Waals surface area contributed by atoms with Gasteiger partial charge in [0.1, 0.15) is 5.54 Å². The van der Waals surface area contributed by atoms with Crippen molar-refractivity contribution in [3.05, 3.63) is 29.3 Å². The van der Waals surface area contributed by atoms with Gasteiger partial charge in [0.2, 0.25) is 10.0 Å². The van der Waals surface area contributed by atoms with E-state index in [0.717, 1.165) is 18.9 Å². The van der Waals surface area contributed by atoms with Crippen LogP contribution in [0, 0.1) is 12.8 Å². The van der Waals surface area contributed by atoms with Crippen molar-refractivity contribution in [3.8, 4) is 0 Å². The lowest BCUT2D eigenvalue weighted by Gasteiger charge is -2.33. The molecule has 10 heteroatoms. The number of amides is 4. The number of nitrogens with two attached hydrogens (primary N) is 1. The van der Waals surface area contributed by atoms with Crippen molar-refractivity contribution in [2.75, 3.05) is 0 Å². The molecule has 0 aromatic heterocycles. The van der Waals surface area contributed by atoms with Gasteiger partial charge in [0.05, 0.1) is 4.90 Å². The Morgan fingerprint density at radius 3 is 2.52 bits per heavy atom. The minimum Gasteiger partial charge on any atom is -0.322 e. The van der Waals surface area contributed by atoms with E-state index in [1.54, 1.807) is 6.92 Å². The molecule has 1 aliphatic carbocycles. The molecule has 1 heterocycles. The molecule has 0 atom stereocenters. The lowest BCUT2D eigenvalue weighted by molar-refractivity contribution is -0.134. The number of hydrogen-bond donors (Lipinski definition) is 3. The van der Waals surface area contributed by atoms with Crippen molar-refractivity contribution in [2.24, 2.45) is 11.1 Å². The Morgan fingerprint density at radius 2 is 1.93 bits per heavy atom. The first-order valence-electron chi connectivity index (χ1n) is 8.65. The van der Waals surface area contributed by atoms with E-state index >= 15 is 0 Å². The van der Waals surface area contributed by atoms with Gasteiger partial charge in [-0.1, -0.05) is 13.0 Å². The summed E-state index contributed by atoms with van der Waals surface area (Å²) in [5, 5.41) is 8.49. The number of nitrogens with zero attached hydrogens (tertiary/aromatic N) is 1. The molecule has 1 aromatic carbocycles. The van der Waals surface area contributed by atoms with Gasteiger partial charge >= 0.3 is 6.03 Å². The van der Waals surface area contributed by atoms with Crippen molar-refractivity contribution in [1.29, 1.82) is 0 Å². The molecule has 2 aliphatic rings. The van der Waals surface area contributed by atoms with Crippen LogP contribution in [-0.2, 0) is 14.8 Å². The van der Waals surface area contributed by atoms with Crippen LogP contribution in [0.25, 0.3) is 0 Å². The summed E-state index contributed by atoms with van der Waals surface area (Å²) in [5.74, 6) is -0.775. The van der Waals surface area contributed by atoms with E-state index in [1.807, 2.05) is 0 Å². The first kappa shape index (κ1) is 19.3. The highest BCUT2D eigenvalue weighted by Gasteiger charge is 2.53. The number of urea groups is 1. The van der Waals surface area contributed by atoms with Crippen LogP contribution in [0.5, 0.6) is 0 Å². The lowest BCUT2D eigenvalue weighted by atomic mass is 9.77. The topological polar surface area (TPSA) is 139 Å². The molecule has 1 saturated heterocycles. The monoisotopic (exact) mass is 394 g/mol. The summed E-state index contributed by atoms with van der Waals surface area (Å²) >= 11 is 0. The molecule has 1 aromatic rings. The van der Waals surface area contributed by atoms with E-state index in [1.165, 1.54) is 12.1 Å². The van der Waals surface area contributed by atoms with Gasteiger partial charge in [0, 0.05) is 5.56 Å². The Labute approximate surface area is 157 Å². The molecule has 1 spiro atoms. The van der Waals surface area contributed by atoms with Crippen LogP contribution in [0.3, 0.4) is 0 Å². The number of sulfonamides is 1. The van der Waals surface area contributed by atoms with Crippen LogP contribution in [0.4, 0.5) is 4.79 Å². The summed E-state index contributed by atoms with van der Waals surface area (Å²) in [7, 11) is -3.99. The van der Waals surface area contributed by atoms with Gasteiger partial charge in [-0.2, -0.15) is 5.01 Å². The second-order valence-corrected chi connectivity index (χ2v) is 8.86. The molecule has 1 saturated carbocycles. The SMILES string of the molecule is Cc1ccc(S(N)(=O)=O)cc1C(=O)NN1C(=O)NC2(CCC(C)CC2)C1=O. The smallest absolute Gasteiger partial charge is 0.322 e. The van der Waals surface area contributed by atoms with E-state index < -0.39 is 33.4 Å². The van der Waals surface area contributed by atoms with E-state index in [4.69, 9.17) is 5.14 Å². The normalized spacial score (nSPS) is 25.6. The number of hydrazine groups is 1. The van der Waals surface area contributed by atoms with Crippen molar-refractivity contribution in [1.82, 2.24) is 15.8 Å². The van der Waals surface area contributed by atoms with Gasteiger partial charge in [0.25, 0.3) is 11.8 Å². The van der Waals surface area contributed by atoms with Crippen LogP contribution in [0.1, 0.15) is 48.5 Å². The summed E-state index contributed by atoms with van der Waals surface area (Å²) in [4.78, 5) is 37.4. The zero-order valence-corrected chi connectivity index (χ0v) is 15.9. The van der Waals surface area contributed by atoms with Crippen LogP contribution in [-0.4, -0.2) is 36.8 Å². The molecule has 27 heavy (non-hydrogen) atoms. The van der Waals surface area contributed by atoms with Crippen molar-refractivity contribution < 1.29 is 22.8 Å². The maximum Gasteiger partial charge on any atom is 0.344 e. The van der Waals surface area contributed by atoms with Gasteiger partial charge in [-0.25, -0.2) is 18.4 Å². The third-order valence-corrected chi connectivity index (χ3v) is 6.20. The second-order valence-electron chi connectivity index (χ2n) is 7.30. The molecule has 2 fully saturated rings. The van der Waals surface area contributed by atoms with E-state index in [9.17, 15) is 22.8 Å². The number of carbonyl (C=O) groups excluding carboxylic acids is 3. The first-order chi connectivity index (χ1) is 12.5. The Kier molecular flexibility index (Phi) is 4.73. The summed E-state index contributed by atoms with van der Waals surface area (Å²) in [6.45, 7) is 3.70. The minimum absolute atomic E-state index is 0.0142. The molecule has 1 aliphatic heterocycles. The molecule has 4 amide bonds. The van der Waals surface area contributed by atoms with Gasteiger partial charge in [-0.3, -0.25) is 15.0 Å².